The number of ketones is 1. The van der Waals surface area contributed by atoms with E-state index in [1.807, 2.05) is 0 Å². The molecule has 0 radical (unpaired) electrons. The van der Waals surface area contributed by atoms with Gasteiger partial charge >= 0.3 is 0 Å². The lowest BCUT2D eigenvalue weighted by atomic mass is 9.78. The van der Waals surface area contributed by atoms with Crippen LogP contribution in [-0.2, 0) is 4.79 Å². The highest BCUT2D eigenvalue weighted by atomic mass is 16.1. The molecule has 1 fully saturated rings. The average molecular weight is 211 g/mol. The molecule has 1 N–H and O–H groups in total. The van der Waals surface area contributed by atoms with Crippen molar-refractivity contribution in [3.63, 3.8) is 0 Å². The third-order valence-electron chi connectivity index (χ3n) is 3.20. The molecule has 88 valence electrons. The van der Waals surface area contributed by atoms with Gasteiger partial charge in [-0.1, -0.05) is 26.2 Å². The van der Waals surface area contributed by atoms with Crippen LogP contribution in [0.2, 0.25) is 0 Å². The average Bonchev–Trinajstić information content (AvgIpc) is 1.98. The van der Waals surface area contributed by atoms with Crippen molar-refractivity contribution in [2.45, 2.75) is 77.3 Å². The molecule has 2 heteroatoms. The highest BCUT2D eigenvalue weighted by molar-refractivity contribution is 5.81. The predicted octanol–water partition coefficient (Wildman–Crippen LogP) is 3.06. The van der Waals surface area contributed by atoms with Crippen LogP contribution >= 0.6 is 0 Å². The molecule has 0 spiro atoms. The summed E-state index contributed by atoms with van der Waals surface area (Å²) in [6, 6.07) is 0. The highest BCUT2D eigenvalue weighted by Gasteiger charge is 2.39. The van der Waals surface area contributed by atoms with Crippen molar-refractivity contribution >= 4 is 5.78 Å². The number of rotatable bonds is 4. The minimum Gasteiger partial charge on any atom is -0.306 e. The fraction of sp³-hybridized carbons (Fsp3) is 0.923. The molecule has 1 unspecified atom stereocenters. The molecule has 15 heavy (non-hydrogen) atoms. The first-order valence-electron chi connectivity index (χ1n) is 6.18. The second-order valence-corrected chi connectivity index (χ2v) is 5.92. The summed E-state index contributed by atoms with van der Waals surface area (Å²) in [5, 5.41) is 3.64. The Kier molecular flexibility index (Phi) is 3.93. The van der Waals surface area contributed by atoms with Crippen molar-refractivity contribution in [3.05, 3.63) is 0 Å². The molecule has 0 aromatic carbocycles. The Balaban J connectivity index is 2.54. The van der Waals surface area contributed by atoms with Gasteiger partial charge in [0.2, 0.25) is 0 Å². The number of hydrogen-bond acceptors (Lipinski definition) is 2. The van der Waals surface area contributed by atoms with Gasteiger partial charge in [-0.15, -0.1) is 0 Å². The molecule has 0 amide bonds. The van der Waals surface area contributed by atoms with E-state index in [2.05, 4.69) is 33.0 Å². The summed E-state index contributed by atoms with van der Waals surface area (Å²) in [6.07, 6.45) is 6.25. The quantitative estimate of drug-likeness (QED) is 0.724. The van der Waals surface area contributed by atoms with Crippen LogP contribution in [0.5, 0.6) is 0 Å². The van der Waals surface area contributed by atoms with Gasteiger partial charge in [-0.2, -0.15) is 0 Å². The summed E-state index contributed by atoms with van der Waals surface area (Å²) in [6.45, 7) is 8.66. The fourth-order valence-corrected chi connectivity index (χ4v) is 2.81. The zero-order valence-electron chi connectivity index (χ0n) is 10.7. The van der Waals surface area contributed by atoms with Crippen molar-refractivity contribution in [2.75, 3.05) is 0 Å². The summed E-state index contributed by atoms with van der Waals surface area (Å²) < 4.78 is 0. The largest absolute Gasteiger partial charge is 0.306 e. The zero-order valence-corrected chi connectivity index (χ0v) is 10.7. The van der Waals surface area contributed by atoms with Gasteiger partial charge in [-0.05, 0) is 27.2 Å². The Hall–Kier alpha value is -0.370. The van der Waals surface area contributed by atoms with Crippen LogP contribution in [0.4, 0.5) is 0 Å². The maximum absolute atomic E-state index is 11.7. The molecule has 1 aliphatic heterocycles. The van der Waals surface area contributed by atoms with Crippen LogP contribution in [0.15, 0.2) is 0 Å². The molecule has 1 atom stereocenters. The van der Waals surface area contributed by atoms with Gasteiger partial charge < -0.3 is 5.32 Å². The van der Waals surface area contributed by atoms with Gasteiger partial charge in [0.15, 0.2) is 0 Å². The molecule has 2 nitrogen and oxygen atoms in total. The zero-order chi connectivity index (χ0) is 11.5. The first kappa shape index (κ1) is 12.7. The van der Waals surface area contributed by atoms with Crippen LogP contribution in [-0.4, -0.2) is 16.9 Å². The van der Waals surface area contributed by atoms with Crippen molar-refractivity contribution in [3.8, 4) is 0 Å². The lowest BCUT2D eigenvalue weighted by Gasteiger charge is -2.44. The maximum Gasteiger partial charge on any atom is 0.136 e. The van der Waals surface area contributed by atoms with E-state index < -0.39 is 0 Å². The Morgan fingerprint density at radius 3 is 2.40 bits per heavy atom. The SMILES string of the molecule is CCCCCC1(C)CC(=O)CC(C)(C)N1. The number of nitrogens with one attached hydrogen (secondary N) is 1. The molecule has 0 aliphatic carbocycles. The standard InChI is InChI=1S/C13H25NO/c1-5-6-7-8-13(4)10-11(15)9-12(2,3)14-13/h14H,5-10H2,1-4H3. The Morgan fingerprint density at radius 2 is 1.87 bits per heavy atom. The van der Waals surface area contributed by atoms with Gasteiger partial charge in [0.05, 0.1) is 0 Å². The maximum atomic E-state index is 11.7. The van der Waals surface area contributed by atoms with Gasteiger partial charge in [0.25, 0.3) is 0 Å². The first-order valence-corrected chi connectivity index (χ1v) is 6.18. The monoisotopic (exact) mass is 211 g/mol. The van der Waals surface area contributed by atoms with Crippen molar-refractivity contribution in [1.82, 2.24) is 5.32 Å². The minimum absolute atomic E-state index is 0.0176. The van der Waals surface area contributed by atoms with Crippen molar-refractivity contribution < 1.29 is 4.79 Å². The second kappa shape index (κ2) is 4.65. The van der Waals surface area contributed by atoms with Gasteiger partial charge in [0, 0.05) is 23.9 Å². The molecule has 1 saturated heterocycles. The van der Waals surface area contributed by atoms with Gasteiger partial charge in [-0.25, -0.2) is 0 Å². The molecular formula is C13H25NO. The topological polar surface area (TPSA) is 29.1 Å². The summed E-state index contributed by atoms with van der Waals surface area (Å²) in [5.74, 6) is 0.415. The number of carbonyl (C=O) groups excluding carboxylic acids is 1. The highest BCUT2D eigenvalue weighted by Crippen LogP contribution is 2.29. The van der Waals surface area contributed by atoms with Gasteiger partial charge in [0.1, 0.15) is 5.78 Å². The van der Waals surface area contributed by atoms with E-state index in [9.17, 15) is 4.79 Å². The Labute approximate surface area is 93.8 Å². The number of carbonyl (C=O) groups is 1. The first-order chi connectivity index (χ1) is 6.87. The van der Waals surface area contributed by atoms with Gasteiger partial charge in [-0.3, -0.25) is 4.79 Å². The lowest BCUT2D eigenvalue weighted by molar-refractivity contribution is -0.124. The Bertz CT molecular complexity index is 235. The fourth-order valence-electron chi connectivity index (χ4n) is 2.81. The van der Waals surface area contributed by atoms with Crippen molar-refractivity contribution in [2.24, 2.45) is 0 Å². The summed E-state index contributed by atoms with van der Waals surface area (Å²) in [7, 11) is 0. The molecule has 0 aromatic rings. The van der Waals surface area contributed by atoms with E-state index in [1.54, 1.807) is 0 Å². The molecule has 1 aliphatic rings. The van der Waals surface area contributed by atoms with Crippen LogP contribution in [0, 0.1) is 0 Å². The van der Waals surface area contributed by atoms with E-state index in [0.29, 0.717) is 18.6 Å². The normalized spacial score (nSPS) is 30.5. The molecular weight excluding hydrogens is 186 g/mol. The molecule has 0 saturated carbocycles. The summed E-state index contributed by atoms with van der Waals surface area (Å²) >= 11 is 0. The summed E-state index contributed by atoms with van der Waals surface area (Å²) in [5.41, 5.74) is 0.0182. The lowest BCUT2D eigenvalue weighted by Crippen LogP contribution is -2.59. The second-order valence-electron chi connectivity index (χ2n) is 5.92. The van der Waals surface area contributed by atoms with E-state index >= 15 is 0 Å². The molecule has 0 bridgehead atoms. The number of unbranched alkanes of at least 4 members (excludes halogenated alkanes) is 2. The number of Topliss-reactive ketones (excluding diaryl/α,β-unsaturated/α-hetero) is 1. The van der Waals surface area contributed by atoms with Crippen LogP contribution in [0.25, 0.3) is 0 Å². The van der Waals surface area contributed by atoms with Crippen molar-refractivity contribution in [1.29, 1.82) is 0 Å². The third kappa shape index (κ3) is 3.94. The van der Waals surface area contributed by atoms with Crippen LogP contribution < -0.4 is 5.32 Å². The Morgan fingerprint density at radius 1 is 1.20 bits per heavy atom. The number of piperidine rings is 1. The smallest absolute Gasteiger partial charge is 0.136 e. The third-order valence-corrected chi connectivity index (χ3v) is 3.20. The van der Waals surface area contributed by atoms with E-state index in [4.69, 9.17) is 0 Å². The molecule has 1 heterocycles. The minimum atomic E-state index is -0.0176. The van der Waals surface area contributed by atoms with Crippen LogP contribution in [0.1, 0.15) is 66.2 Å². The number of hydrogen-bond donors (Lipinski definition) is 1. The summed E-state index contributed by atoms with van der Waals surface area (Å²) in [4.78, 5) is 11.7. The van der Waals surface area contributed by atoms with E-state index in [-0.39, 0.29) is 11.1 Å². The predicted molar refractivity (Wildman–Crippen MR) is 64.0 cm³/mol. The van der Waals surface area contributed by atoms with Crippen LogP contribution in [0.3, 0.4) is 0 Å². The molecule has 1 rings (SSSR count). The van der Waals surface area contributed by atoms with E-state index in [1.165, 1.54) is 19.3 Å². The molecule has 0 aromatic heterocycles. The van der Waals surface area contributed by atoms with E-state index in [0.717, 1.165) is 6.42 Å².